The summed E-state index contributed by atoms with van der Waals surface area (Å²) in [7, 11) is 0. The summed E-state index contributed by atoms with van der Waals surface area (Å²) >= 11 is 0. The van der Waals surface area contributed by atoms with E-state index in [9.17, 15) is 0 Å². The van der Waals surface area contributed by atoms with Crippen LogP contribution in [0.15, 0.2) is 273 Å². The van der Waals surface area contributed by atoms with Crippen molar-refractivity contribution in [3.8, 4) is 72.4 Å². The number of nitrogens with zero attached hydrogens (tertiary/aromatic N) is 2. The van der Waals surface area contributed by atoms with Crippen LogP contribution in [-0.4, -0.2) is 4.57 Å². The van der Waals surface area contributed by atoms with Crippen molar-refractivity contribution in [2.75, 3.05) is 4.90 Å². The zero-order valence-corrected chi connectivity index (χ0v) is 51.7. The first-order valence-electron chi connectivity index (χ1n) is 31.6. The molecule has 16 rings (SSSR count). The molecule has 0 saturated carbocycles. The highest BCUT2D eigenvalue weighted by molar-refractivity contribution is 6.11. The van der Waals surface area contributed by atoms with Crippen molar-refractivity contribution in [1.29, 1.82) is 0 Å². The summed E-state index contributed by atoms with van der Waals surface area (Å²) < 4.78 is 2.52. The Morgan fingerprint density at radius 3 is 1.47 bits per heavy atom. The van der Waals surface area contributed by atoms with Gasteiger partial charge in [-0.05, 0) is 202 Å². The molecule has 2 unspecified atom stereocenters. The Morgan fingerprint density at radius 2 is 0.807 bits per heavy atom. The molecule has 13 aromatic rings. The van der Waals surface area contributed by atoms with Crippen LogP contribution in [0.2, 0.25) is 0 Å². The van der Waals surface area contributed by atoms with Gasteiger partial charge in [0.1, 0.15) is 0 Å². The lowest BCUT2D eigenvalue weighted by Crippen LogP contribution is -2.26. The fraction of sp³-hybridized carbons (Fsp3) is 0.163. The number of para-hydroxylation sites is 1. The van der Waals surface area contributed by atoms with Gasteiger partial charge in [0.25, 0.3) is 0 Å². The summed E-state index contributed by atoms with van der Waals surface area (Å²) in [5.41, 5.74) is 31.3. The summed E-state index contributed by atoms with van der Waals surface area (Å²) in [4.78, 5) is 2.42. The van der Waals surface area contributed by atoms with Crippen LogP contribution in [0.1, 0.15) is 107 Å². The molecular formula is C86H72N2. The third kappa shape index (κ3) is 8.29. The number of benzene rings is 12. The molecule has 1 aromatic heterocycles. The topological polar surface area (TPSA) is 8.17 Å². The molecule has 3 aliphatic rings. The Balaban J connectivity index is 0.807. The highest BCUT2D eigenvalue weighted by Crippen LogP contribution is 2.64. The molecule has 0 aliphatic heterocycles. The second-order valence-corrected chi connectivity index (χ2v) is 27.9. The number of hydrogen-bond donors (Lipinski definition) is 0. The normalized spacial score (nSPS) is 15.4. The number of hydrogen-bond acceptors (Lipinski definition) is 1. The van der Waals surface area contributed by atoms with Gasteiger partial charge in [-0.3, -0.25) is 0 Å². The van der Waals surface area contributed by atoms with E-state index in [1.165, 1.54) is 128 Å². The maximum atomic E-state index is 2.58. The lowest BCUT2D eigenvalue weighted by molar-refractivity contribution is 0.229. The van der Waals surface area contributed by atoms with Gasteiger partial charge in [0, 0.05) is 38.9 Å². The summed E-state index contributed by atoms with van der Waals surface area (Å²) in [5, 5.41) is 2.47. The molecule has 0 N–H and O–H groups in total. The van der Waals surface area contributed by atoms with Gasteiger partial charge >= 0.3 is 0 Å². The molecule has 0 bridgehead atoms. The Morgan fingerprint density at radius 1 is 0.341 bits per heavy atom. The highest BCUT2D eigenvalue weighted by Gasteiger charge is 2.52. The third-order valence-electron chi connectivity index (χ3n) is 20.0. The van der Waals surface area contributed by atoms with E-state index in [1.54, 1.807) is 0 Å². The molecule has 426 valence electrons. The molecule has 2 atom stereocenters. The summed E-state index contributed by atoms with van der Waals surface area (Å²) in [6.07, 6.45) is 1.10. The van der Waals surface area contributed by atoms with Crippen LogP contribution in [0, 0.1) is 10.8 Å². The summed E-state index contributed by atoms with van der Waals surface area (Å²) in [6.45, 7) is 19.2. The van der Waals surface area contributed by atoms with Crippen LogP contribution in [0.25, 0.3) is 94.3 Å². The van der Waals surface area contributed by atoms with Crippen LogP contribution in [-0.2, 0) is 10.8 Å². The van der Waals surface area contributed by atoms with Crippen molar-refractivity contribution in [1.82, 2.24) is 4.57 Å². The predicted octanol–water partition coefficient (Wildman–Crippen LogP) is 23.5. The Bertz CT molecular complexity index is 4910. The van der Waals surface area contributed by atoms with Gasteiger partial charge < -0.3 is 9.47 Å². The maximum Gasteiger partial charge on any atom is 0.0726 e. The van der Waals surface area contributed by atoms with Gasteiger partial charge in [-0.25, -0.2) is 0 Å². The zero-order valence-electron chi connectivity index (χ0n) is 51.7. The van der Waals surface area contributed by atoms with Crippen molar-refractivity contribution in [3.63, 3.8) is 0 Å². The highest BCUT2D eigenvalue weighted by atomic mass is 15.1. The monoisotopic (exact) mass is 1130 g/mol. The van der Waals surface area contributed by atoms with Gasteiger partial charge in [-0.2, -0.15) is 0 Å². The number of fused-ring (bicyclic) bond motifs is 16. The van der Waals surface area contributed by atoms with Crippen molar-refractivity contribution in [3.05, 3.63) is 312 Å². The molecule has 2 heteroatoms. The van der Waals surface area contributed by atoms with Crippen molar-refractivity contribution in [2.24, 2.45) is 10.8 Å². The van der Waals surface area contributed by atoms with E-state index >= 15 is 0 Å². The molecule has 0 fully saturated rings. The fourth-order valence-electron chi connectivity index (χ4n) is 15.9. The molecule has 1 spiro atoms. The third-order valence-corrected chi connectivity index (χ3v) is 20.0. The van der Waals surface area contributed by atoms with Crippen molar-refractivity contribution >= 4 is 38.9 Å². The van der Waals surface area contributed by atoms with E-state index in [0.717, 1.165) is 29.2 Å². The molecule has 88 heavy (non-hydrogen) atoms. The van der Waals surface area contributed by atoms with E-state index in [4.69, 9.17) is 0 Å². The van der Waals surface area contributed by atoms with Gasteiger partial charge in [0.2, 0.25) is 0 Å². The quantitative estimate of drug-likeness (QED) is 0.140. The molecule has 12 aromatic carbocycles. The first-order chi connectivity index (χ1) is 42.6. The van der Waals surface area contributed by atoms with Crippen LogP contribution >= 0.6 is 0 Å². The smallest absolute Gasteiger partial charge is 0.0726 e. The van der Waals surface area contributed by atoms with E-state index in [2.05, 4.69) is 338 Å². The van der Waals surface area contributed by atoms with Gasteiger partial charge in [0.05, 0.1) is 16.4 Å². The van der Waals surface area contributed by atoms with Crippen LogP contribution in [0.4, 0.5) is 17.1 Å². The first kappa shape index (κ1) is 53.7. The lowest BCUT2D eigenvalue weighted by Gasteiger charge is -2.37. The molecule has 2 nitrogen and oxygen atoms in total. The molecule has 0 radical (unpaired) electrons. The SMILES string of the molecule is CC(C)(C)CC(c1ccccc1-c1ccc2c(c1)C1(c3ccccc3-2)c2ccccc2-c2ccc(-n3c4ccccc4c4cc(-c5ccc(N(c6ccc(-c7ccccc7)cc6)c6ccc7c(c6)C(C)(C)c6ccccc6-7)cc5)ccc43)cc21)C(C)(C)C. The number of anilines is 3. The maximum absolute atomic E-state index is 2.58. The van der Waals surface area contributed by atoms with Crippen LogP contribution < -0.4 is 4.90 Å². The molecule has 3 aliphatic carbocycles. The van der Waals surface area contributed by atoms with Crippen LogP contribution in [0.5, 0.6) is 0 Å². The zero-order chi connectivity index (χ0) is 59.8. The minimum absolute atomic E-state index is 0.0773. The standard InChI is InChI=1S/C86H72N2/c1-83(2,3)54-80(84(4,5)6)65-25-13-12-24-64(65)59-38-46-70-67-27-15-19-31-75(67)86(78(70)51-59)76-32-20-16-28-68(76)71-48-45-63(53-79(71)86)88-81-33-21-17-29-72(81)73-50-58(39-49-82(73)88)57-36-42-61(43-37-57)87(60-40-34-56(35-41-60)55-22-10-9-11-23-55)62-44-47-69-66-26-14-18-30-74(66)85(7,8)77(69)52-62/h9-53,80H,54H2,1-8H3. The Labute approximate surface area is 519 Å². The van der Waals surface area contributed by atoms with Gasteiger partial charge in [-0.1, -0.05) is 256 Å². The summed E-state index contributed by atoms with van der Waals surface area (Å²) in [6, 6.07) is 103. The average molecular weight is 1130 g/mol. The Hall–Kier alpha value is -9.76. The van der Waals surface area contributed by atoms with Crippen molar-refractivity contribution < 1.29 is 0 Å². The molecular weight excluding hydrogens is 1060 g/mol. The van der Waals surface area contributed by atoms with Gasteiger partial charge in [-0.15, -0.1) is 0 Å². The van der Waals surface area contributed by atoms with E-state index < -0.39 is 5.41 Å². The number of aromatic nitrogens is 1. The second kappa shape index (κ2) is 19.9. The fourth-order valence-corrected chi connectivity index (χ4v) is 15.9. The average Bonchev–Trinajstić information content (AvgIpc) is 1.52. The minimum atomic E-state index is -0.532. The predicted molar refractivity (Wildman–Crippen MR) is 372 cm³/mol. The Kier molecular flexibility index (Phi) is 12.1. The first-order valence-corrected chi connectivity index (χ1v) is 31.6. The van der Waals surface area contributed by atoms with E-state index in [1.807, 2.05) is 0 Å². The lowest BCUT2D eigenvalue weighted by atomic mass is 9.67. The molecule has 0 amide bonds. The number of rotatable bonds is 9. The summed E-state index contributed by atoms with van der Waals surface area (Å²) in [5.74, 6) is 0.376. The van der Waals surface area contributed by atoms with Gasteiger partial charge in [0.15, 0.2) is 0 Å². The minimum Gasteiger partial charge on any atom is -0.310 e. The van der Waals surface area contributed by atoms with E-state index in [-0.39, 0.29) is 16.2 Å². The van der Waals surface area contributed by atoms with Crippen molar-refractivity contribution in [2.45, 2.75) is 78.6 Å². The van der Waals surface area contributed by atoms with E-state index in [0.29, 0.717) is 5.92 Å². The largest absolute Gasteiger partial charge is 0.310 e. The second-order valence-electron chi connectivity index (χ2n) is 27.9. The molecule has 1 heterocycles. The molecule has 0 saturated heterocycles. The van der Waals surface area contributed by atoms with Crippen LogP contribution in [0.3, 0.4) is 0 Å².